The Morgan fingerprint density at radius 1 is 1.35 bits per heavy atom. The molecule has 1 N–H and O–H groups in total. The van der Waals surface area contributed by atoms with E-state index in [1.807, 2.05) is 27.7 Å². The Hall–Kier alpha value is -1.65. The number of benzene rings is 1. The van der Waals surface area contributed by atoms with Gasteiger partial charge in [-0.15, -0.1) is 0 Å². The Morgan fingerprint density at radius 3 is 2.29 bits per heavy atom. The van der Waals surface area contributed by atoms with Crippen molar-refractivity contribution in [2.24, 2.45) is 0 Å². The Labute approximate surface area is 101 Å². The summed E-state index contributed by atoms with van der Waals surface area (Å²) in [6, 6.07) is 2.42. The third kappa shape index (κ3) is 4.38. The molecule has 0 atom stereocenters. The van der Waals surface area contributed by atoms with Crippen LogP contribution in [0.5, 0.6) is 0 Å². The van der Waals surface area contributed by atoms with Crippen LogP contribution in [0, 0.1) is 22.9 Å². The summed E-state index contributed by atoms with van der Waals surface area (Å²) >= 11 is 0. The minimum atomic E-state index is -0.517. The SMILES string of the molecule is CC.Cc1cc([N+](=O)[O-])c(NC(C)C)cc1F. The van der Waals surface area contributed by atoms with Crippen LogP contribution in [0.15, 0.2) is 12.1 Å². The molecule has 0 amide bonds. The molecule has 0 saturated heterocycles. The maximum atomic E-state index is 13.2. The van der Waals surface area contributed by atoms with Crippen molar-refractivity contribution < 1.29 is 9.31 Å². The van der Waals surface area contributed by atoms with Crippen LogP contribution in [0.25, 0.3) is 0 Å². The molecule has 0 aliphatic carbocycles. The highest BCUT2D eigenvalue weighted by Crippen LogP contribution is 2.27. The summed E-state index contributed by atoms with van der Waals surface area (Å²) in [6.07, 6.45) is 0. The molecule has 0 heterocycles. The van der Waals surface area contributed by atoms with Crippen LogP contribution in [0.2, 0.25) is 0 Å². The highest BCUT2D eigenvalue weighted by Gasteiger charge is 2.16. The summed E-state index contributed by atoms with van der Waals surface area (Å²) in [4.78, 5) is 10.2. The molecule has 0 radical (unpaired) electrons. The second-order valence-electron chi connectivity index (χ2n) is 3.67. The number of halogens is 1. The summed E-state index contributed by atoms with van der Waals surface area (Å²) in [5, 5.41) is 13.6. The fraction of sp³-hybridized carbons (Fsp3) is 0.500. The van der Waals surface area contributed by atoms with E-state index in [1.54, 1.807) is 0 Å². The van der Waals surface area contributed by atoms with Gasteiger partial charge in [0.25, 0.3) is 5.69 Å². The molecule has 0 bridgehead atoms. The van der Waals surface area contributed by atoms with E-state index >= 15 is 0 Å². The molecular formula is C12H19FN2O2. The Morgan fingerprint density at radius 2 is 1.88 bits per heavy atom. The van der Waals surface area contributed by atoms with Crippen molar-refractivity contribution in [1.82, 2.24) is 0 Å². The highest BCUT2D eigenvalue weighted by molar-refractivity contribution is 5.63. The van der Waals surface area contributed by atoms with E-state index in [-0.39, 0.29) is 23.0 Å². The lowest BCUT2D eigenvalue weighted by atomic mass is 10.1. The number of nitrogens with one attached hydrogen (secondary N) is 1. The summed E-state index contributed by atoms with van der Waals surface area (Å²) in [5.74, 6) is -0.441. The third-order valence-electron chi connectivity index (χ3n) is 1.92. The van der Waals surface area contributed by atoms with Gasteiger partial charge < -0.3 is 5.32 Å². The van der Waals surface area contributed by atoms with Crippen LogP contribution >= 0.6 is 0 Å². The Balaban J connectivity index is 0.00000121. The predicted octanol–water partition coefficient (Wildman–Crippen LogP) is 3.89. The zero-order valence-electron chi connectivity index (χ0n) is 10.9. The fourth-order valence-corrected chi connectivity index (χ4v) is 1.24. The zero-order chi connectivity index (χ0) is 13.6. The fourth-order valence-electron chi connectivity index (χ4n) is 1.24. The number of hydrogen-bond acceptors (Lipinski definition) is 3. The van der Waals surface area contributed by atoms with Crippen molar-refractivity contribution >= 4 is 11.4 Å². The lowest BCUT2D eigenvalue weighted by molar-refractivity contribution is -0.384. The van der Waals surface area contributed by atoms with Gasteiger partial charge in [-0.2, -0.15) is 0 Å². The highest BCUT2D eigenvalue weighted by atomic mass is 19.1. The molecule has 0 fully saturated rings. The summed E-state index contributed by atoms with van der Waals surface area (Å²) < 4.78 is 13.2. The van der Waals surface area contributed by atoms with E-state index in [9.17, 15) is 14.5 Å². The number of hydrogen-bond donors (Lipinski definition) is 1. The van der Waals surface area contributed by atoms with Crippen molar-refractivity contribution in [3.63, 3.8) is 0 Å². The molecule has 0 unspecified atom stereocenters. The smallest absolute Gasteiger partial charge is 0.292 e. The average Bonchev–Trinajstić information content (AvgIpc) is 2.25. The first-order chi connectivity index (χ1) is 7.91. The first kappa shape index (κ1) is 15.3. The van der Waals surface area contributed by atoms with E-state index in [1.165, 1.54) is 13.0 Å². The second kappa shape index (κ2) is 6.83. The zero-order valence-corrected chi connectivity index (χ0v) is 10.9. The molecule has 1 aromatic carbocycles. The van der Waals surface area contributed by atoms with Gasteiger partial charge >= 0.3 is 0 Å². The van der Waals surface area contributed by atoms with Crippen molar-refractivity contribution in [2.75, 3.05) is 5.32 Å². The minimum Gasteiger partial charge on any atom is -0.377 e. The van der Waals surface area contributed by atoms with Gasteiger partial charge in [-0.25, -0.2) is 4.39 Å². The molecule has 1 rings (SSSR count). The van der Waals surface area contributed by atoms with E-state index in [4.69, 9.17) is 0 Å². The van der Waals surface area contributed by atoms with Gasteiger partial charge in [-0.1, -0.05) is 13.8 Å². The summed E-state index contributed by atoms with van der Waals surface area (Å²) in [7, 11) is 0. The van der Waals surface area contributed by atoms with Crippen molar-refractivity contribution in [3.05, 3.63) is 33.6 Å². The van der Waals surface area contributed by atoms with Crippen LogP contribution in [0.3, 0.4) is 0 Å². The second-order valence-corrected chi connectivity index (χ2v) is 3.67. The summed E-state index contributed by atoms with van der Waals surface area (Å²) in [6.45, 7) is 9.17. The maximum absolute atomic E-state index is 13.2. The lowest BCUT2D eigenvalue weighted by Gasteiger charge is -2.11. The molecule has 0 spiro atoms. The van der Waals surface area contributed by atoms with Gasteiger partial charge in [0.1, 0.15) is 11.5 Å². The first-order valence-electron chi connectivity index (χ1n) is 5.63. The van der Waals surface area contributed by atoms with E-state index in [0.29, 0.717) is 0 Å². The molecule has 0 aliphatic rings. The number of nitro benzene ring substituents is 1. The van der Waals surface area contributed by atoms with Gasteiger partial charge in [-0.3, -0.25) is 10.1 Å². The largest absolute Gasteiger partial charge is 0.377 e. The normalized spacial score (nSPS) is 9.59. The van der Waals surface area contributed by atoms with Gasteiger partial charge in [0.2, 0.25) is 0 Å². The van der Waals surface area contributed by atoms with Gasteiger partial charge in [0.05, 0.1) is 4.92 Å². The van der Waals surface area contributed by atoms with E-state index in [2.05, 4.69) is 5.32 Å². The molecule has 5 heteroatoms. The minimum absolute atomic E-state index is 0.0193. The molecule has 0 saturated carbocycles. The number of anilines is 1. The summed E-state index contributed by atoms with van der Waals surface area (Å²) in [5.41, 5.74) is 0.400. The van der Waals surface area contributed by atoms with Crippen LogP contribution in [-0.2, 0) is 0 Å². The molecular weight excluding hydrogens is 223 g/mol. The Bertz CT molecular complexity index is 392. The molecule has 0 aliphatic heterocycles. The molecule has 96 valence electrons. The first-order valence-corrected chi connectivity index (χ1v) is 5.63. The van der Waals surface area contributed by atoms with Crippen LogP contribution in [0.1, 0.15) is 33.3 Å². The quantitative estimate of drug-likeness (QED) is 0.646. The third-order valence-corrected chi connectivity index (χ3v) is 1.92. The molecule has 4 nitrogen and oxygen atoms in total. The predicted molar refractivity (Wildman–Crippen MR) is 67.9 cm³/mol. The number of nitro groups is 1. The van der Waals surface area contributed by atoms with Crippen molar-refractivity contribution in [3.8, 4) is 0 Å². The van der Waals surface area contributed by atoms with Crippen LogP contribution in [-0.4, -0.2) is 11.0 Å². The monoisotopic (exact) mass is 242 g/mol. The molecule has 1 aromatic rings. The standard InChI is InChI=1S/C10H13FN2O2.C2H6/c1-6(2)12-9-5-8(11)7(3)4-10(9)13(14)15;1-2/h4-6,12H,1-3H3;1-2H3. The lowest BCUT2D eigenvalue weighted by Crippen LogP contribution is -2.11. The van der Waals surface area contributed by atoms with E-state index < -0.39 is 10.7 Å². The molecule has 17 heavy (non-hydrogen) atoms. The van der Waals surface area contributed by atoms with Gasteiger partial charge in [0, 0.05) is 18.2 Å². The maximum Gasteiger partial charge on any atom is 0.292 e. The Kier molecular flexibility index (Phi) is 6.17. The molecule has 0 aromatic heterocycles. The van der Waals surface area contributed by atoms with Crippen molar-refractivity contribution in [2.45, 2.75) is 40.7 Å². The van der Waals surface area contributed by atoms with Gasteiger partial charge in [-0.05, 0) is 26.3 Å². The number of aryl methyl sites for hydroxylation is 1. The van der Waals surface area contributed by atoms with E-state index in [0.717, 1.165) is 6.07 Å². The average molecular weight is 242 g/mol. The number of rotatable bonds is 3. The van der Waals surface area contributed by atoms with Gasteiger partial charge in [0.15, 0.2) is 0 Å². The topological polar surface area (TPSA) is 55.2 Å². The number of nitrogens with zero attached hydrogens (tertiary/aromatic N) is 1. The van der Waals surface area contributed by atoms with Crippen LogP contribution < -0.4 is 5.32 Å². The van der Waals surface area contributed by atoms with Crippen molar-refractivity contribution in [1.29, 1.82) is 0 Å². The van der Waals surface area contributed by atoms with Crippen LogP contribution in [0.4, 0.5) is 15.8 Å².